The fourth-order valence-corrected chi connectivity index (χ4v) is 1.50. The number of nitrogens with two attached hydrogens (primary N) is 1. The summed E-state index contributed by atoms with van der Waals surface area (Å²) in [6.45, 7) is 0. The monoisotopic (exact) mass is 180 g/mol. The minimum atomic E-state index is -0.429. The quantitative estimate of drug-likeness (QED) is 0.514. The van der Waals surface area contributed by atoms with E-state index in [-0.39, 0.29) is 0 Å². The summed E-state index contributed by atoms with van der Waals surface area (Å²) in [7, 11) is 0. The van der Waals surface area contributed by atoms with Gasteiger partial charge in [0.05, 0.1) is 0 Å². The van der Waals surface area contributed by atoms with Crippen LogP contribution in [0.15, 0.2) is 30.5 Å². The van der Waals surface area contributed by atoms with Crippen LogP contribution in [-0.2, 0) is 0 Å². The predicted molar refractivity (Wildman–Crippen MR) is 51.1 cm³/mol. The molecule has 0 aliphatic carbocycles. The van der Waals surface area contributed by atoms with Crippen LogP contribution in [0.5, 0.6) is 0 Å². The van der Waals surface area contributed by atoms with Gasteiger partial charge in [0.1, 0.15) is 5.50 Å². The molecule has 1 heterocycles. The van der Waals surface area contributed by atoms with E-state index in [1.807, 2.05) is 30.5 Å². The van der Waals surface area contributed by atoms with E-state index < -0.39 is 5.50 Å². The Morgan fingerprint density at radius 1 is 1.33 bits per heavy atom. The van der Waals surface area contributed by atoms with E-state index in [0.29, 0.717) is 0 Å². The zero-order chi connectivity index (χ0) is 8.55. The Kier molecular flexibility index (Phi) is 1.79. The Balaban J connectivity index is 2.70. The topological polar surface area (TPSA) is 41.8 Å². The number of rotatable bonds is 1. The van der Waals surface area contributed by atoms with Crippen LogP contribution in [0, 0.1) is 0 Å². The Morgan fingerprint density at radius 3 is 2.83 bits per heavy atom. The zero-order valence-electron chi connectivity index (χ0n) is 6.42. The molecule has 0 radical (unpaired) electrons. The number of nitrogens with one attached hydrogen (secondary N) is 1. The molecule has 0 spiro atoms. The van der Waals surface area contributed by atoms with E-state index in [1.165, 1.54) is 0 Å². The lowest BCUT2D eigenvalue weighted by Gasteiger charge is -1.98. The molecule has 0 saturated heterocycles. The minimum absolute atomic E-state index is 0.429. The van der Waals surface area contributed by atoms with Crippen molar-refractivity contribution in [3.63, 3.8) is 0 Å². The third kappa shape index (κ3) is 1.09. The lowest BCUT2D eigenvalue weighted by Crippen LogP contribution is -2.00. The first-order valence-electron chi connectivity index (χ1n) is 3.74. The Labute approximate surface area is 75.3 Å². The van der Waals surface area contributed by atoms with Gasteiger partial charge in [0, 0.05) is 22.7 Å². The summed E-state index contributed by atoms with van der Waals surface area (Å²) in [5.74, 6) is 0. The molecule has 2 aromatic rings. The summed E-state index contributed by atoms with van der Waals surface area (Å²) in [5, 5.41) is 1.10. The lowest BCUT2D eigenvalue weighted by atomic mass is 10.2. The van der Waals surface area contributed by atoms with Crippen molar-refractivity contribution >= 4 is 22.5 Å². The van der Waals surface area contributed by atoms with Crippen molar-refractivity contribution in [1.29, 1.82) is 0 Å². The fourth-order valence-electron chi connectivity index (χ4n) is 1.32. The average Bonchev–Trinajstić information content (AvgIpc) is 2.47. The molecule has 1 unspecified atom stereocenters. The molecule has 1 atom stereocenters. The Morgan fingerprint density at radius 2 is 2.08 bits per heavy atom. The molecule has 0 fully saturated rings. The number of aromatic nitrogens is 1. The first kappa shape index (κ1) is 7.65. The third-order valence-electron chi connectivity index (χ3n) is 1.92. The number of hydrogen-bond acceptors (Lipinski definition) is 1. The largest absolute Gasteiger partial charge is 0.361 e. The van der Waals surface area contributed by atoms with Crippen LogP contribution in [0.25, 0.3) is 10.9 Å². The molecular weight excluding hydrogens is 172 g/mol. The summed E-state index contributed by atoms with van der Waals surface area (Å²) in [4.78, 5) is 3.11. The molecule has 0 amide bonds. The summed E-state index contributed by atoms with van der Waals surface area (Å²) in [6.07, 6.45) is 1.85. The molecule has 0 aliphatic heterocycles. The highest BCUT2D eigenvalue weighted by atomic mass is 35.5. The summed E-state index contributed by atoms with van der Waals surface area (Å²) < 4.78 is 0. The Hall–Kier alpha value is -0.990. The van der Waals surface area contributed by atoms with Crippen molar-refractivity contribution in [1.82, 2.24) is 4.98 Å². The second-order valence-corrected chi connectivity index (χ2v) is 3.16. The van der Waals surface area contributed by atoms with Gasteiger partial charge in [-0.2, -0.15) is 0 Å². The van der Waals surface area contributed by atoms with Crippen molar-refractivity contribution in [2.24, 2.45) is 5.73 Å². The first-order chi connectivity index (χ1) is 5.79. The van der Waals surface area contributed by atoms with Gasteiger partial charge < -0.3 is 10.7 Å². The molecule has 2 rings (SSSR count). The number of aromatic amines is 1. The first-order valence-corrected chi connectivity index (χ1v) is 4.18. The van der Waals surface area contributed by atoms with Gasteiger partial charge in [-0.3, -0.25) is 0 Å². The van der Waals surface area contributed by atoms with Crippen LogP contribution >= 0.6 is 11.6 Å². The van der Waals surface area contributed by atoms with Gasteiger partial charge in [-0.15, -0.1) is 11.6 Å². The number of halogens is 1. The van der Waals surface area contributed by atoms with Gasteiger partial charge in [-0.25, -0.2) is 0 Å². The third-order valence-corrected chi connectivity index (χ3v) is 2.15. The standard InChI is InChI=1S/C9H9ClN2/c10-9(11)7-5-12-8-4-2-1-3-6(7)8/h1-5,9,12H,11H2. The van der Waals surface area contributed by atoms with E-state index >= 15 is 0 Å². The fraction of sp³-hybridized carbons (Fsp3) is 0.111. The van der Waals surface area contributed by atoms with Gasteiger partial charge in [-0.05, 0) is 6.07 Å². The van der Waals surface area contributed by atoms with E-state index in [9.17, 15) is 0 Å². The number of hydrogen-bond donors (Lipinski definition) is 2. The van der Waals surface area contributed by atoms with E-state index in [2.05, 4.69) is 4.98 Å². The molecule has 62 valence electrons. The van der Waals surface area contributed by atoms with Gasteiger partial charge in [0.25, 0.3) is 0 Å². The van der Waals surface area contributed by atoms with Crippen LogP contribution in [0.3, 0.4) is 0 Å². The van der Waals surface area contributed by atoms with Gasteiger partial charge in [-0.1, -0.05) is 18.2 Å². The highest BCUT2D eigenvalue weighted by molar-refractivity contribution is 6.21. The second-order valence-electron chi connectivity index (χ2n) is 2.69. The molecule has 3 heteroatoms. The molecule has 0 bridgehead atoms. The maximum absolute atomic E-state index is 5.78. The van der Waals surface area contributed by atoms with Gasteiger partial charge in [0.15, 0.2) is 0 Å². The number of fused-ring (bicyclic) bond motifs is 1. The molecule has 12 heavy (non-hydrogen) atoms. The lowest BCUT2D eigenvalue weighted by molar-refractivity contribution is 1.03. The number of benzene rings is 1. The number of H-pyrrole nitrogens is 1. The molecule has 1 aromatic carbocycles. The van der Waals surface area contributed by atoms with Crippen molar-refractivity contribution in [2.45, 2.75) is 5.50 Å². The van der Waals surface area contributed by atoms with Crippen LogP contribution in [-0.4, -0.2) is 4.98 Å². The van der Waals surface area contributed by atoms with Crippen LogP contribution in [0.2, 0.25) is 0 Å². The highest BCUT2D eigenvalue weighted by Crippen LogP contribution is 2.24. The minimum Gasteiger partial charge on any atom is -0.361 e. The van der Waals surface area contributed by atoms with Crippen molar-refractivity contribution in [3.05, 3.63) is 36.0 Å². The number of alkyl halides is 1. The predicted octanol–water partition coefficient (Wildman–Crippen LogP) is 2.36. The van der Waals surface area contributed by atoms with Crippen LogP contribution in [0.1, 0.15) is 11.1 Å². The van der Waals surface area contributed by atoms with Crippen molar-refractivity contribution in [3.8, 4) is 0 Å². The van der Waals surface area contributed by atoms with Gasteiger partial charge in [0.2, 0.25) is 0 Å². The smallest absolute Gasteiger partial charge is 0.108 e. The zero-order valence-corrected chi connectivity index (χ0v) is 7.18. The van der Waals surface area contributed by atoms with Crippen molar-refractivity contribution < 1.29 is 0 Å². The maximum Gasteiger partial charge on any atom is 0.108 e. The molecule has 0 aliphatic rings. The summed E-state index contributed by atoms with van der Waals surface area (Å²) in [6, 6.07) is 7.95. The Bertz CT molecular complexity index is 392. The molecule has 0 saturated carbocycles. The molecule has 3 N–H and O–H groups in total. The van der Waals surface area contributed by atoms with Crippen LogP contribution < -0.4 is 5.73 Å². The molecule has 2 nitrogen and oxygen atoms in total. The van der Waals surface area contributed by atoms with Crippen LogP contribution in [0.4, 0.5) is 0 Å². The molecular formula is C9H9ClN2. The number of para-hydroxylation sites is 1. The summed E-state index contributed by atoms with van der Waals surface area (Å²) >= 11 is 5.78. The summed E-state index contributed by atoms with van der Waals surface area (Å²) in [5.41, 5.74) is 7.16. The normalized spacial score (nSPS) is 13.5. The SMILES string of the molecule is NC(Cl)c1c[nH]c2ccccc12. The average molecular weight is 181 g/mol. The maximum atomic E-state index is 5.78. The van der Waals surface area contributed by atoms with Crippen molar-refractivity contribution in [2.75, 3.05) is 0 Å². The van der Waals surface area contributed by atoms with E-state index in [1.54, 1.807) is 0 Å². The van der Waals surface area contributed by atoms with E-state index in [4.69, 9.17) is 17.3 Å². The highest BCUT2D eigenvalue weighted by Gasteiger charge is 2.07. The second kappa shape index (κ2) is 2.81. The van der Waals surface area contributed by atoms with Gasteiger partial charge >= 0.3 is 0 Å². The molecule has 1 aromatic heterocycles. The van der Waals surface area contributed by atoms with E-state index in [0.717, 1.165) is 16.5 Å².